The third-order valence-corrected chi connectivity index (χ3v) is 3.60. The van der Waals surface area contributed by atoms with E-state index in [2.05, 4.69) is 25.6 Å². The van der Waals surface area contributed by atoms with Crippen molar-refractivity contribution >= 4 is 17.4 Å². The molecule has 7 nitrogen and oxygen atoms in total. The lowest BCUT2D eigenvalue weighted by Crippen LogP contribution is -2.16. The predicted molar refractivity (Wildman–Crippen MR) is 99.3 cm³/mol. The van der Waals surface area contributed by atoms with Crippen LogP contribution in [0.25, 0.3) is 0 Å². The third kappa shape index (κ3) is 4.54. The predicted octanol–water partition coefficient (Wildman–Crippen LogP) is 3.05. The first-order valence-electron chi connectivity index (χ1n) is 8.09. The molecule has 0 aliphatic rings. The molecular weight excluding hydrogens is 330 g/mol. The molecule has 2 heterocycles. The van der Waals surface area contributed by atoms with Gasteiger partial charge in [-0.25, -0.2) is 9.97 Å². The minimum atomic E-state index is -0.304. The molecule has 0 spiro atoms. The second-order valence-electron chi connectivity index (χ2n) is 5.54. The normalized spacial score (nSPS) is 10.2. The second kappa shape index (κ2) is 8.06. The highest BCUT2D eigenvalue weighted by atomic mass is 16.5. The van der Waals surface area contributed by atoms with E-state index in [9.17, 15) is 4.79 Å². The molecule has 3 rings (SSSR count). The first-order valence-corrected chi connectivity index (χ1v) is 8.09. The molecular formula is C19H19N5O2. The molecule has 2 N–H and O–H groups in total. The summed E-state index contributed by atoms with van der Waals surface area (Å²) in [4.78, 5) is 25.3. The van der Waals surface area contributed by atoms with Gasteiger partial charge in [0.15, 0.2) is 0 Å². The van der Waals surface area contributed by atoms with Crippen molar-refractivity contribution in [3.63, 3.8) is 0 Å². The van der Waals surface area contributed by atoms with E-state index in [-0.39, 0.29) is 11.6 Å². The summed E-state index contributed by atoms with van der Waals surface area (Å²) in [5, 5.41) is 5.98. The van der Waals surface area contributed by atoms with Gasteiger partial charge in [0.25, 0.3) is 5.91 Å². The van der Waals surface area contributed by atoms with Crippen molar-refractivity contribution in [1.29, 1.82) is 0 Å². The van der Waals surface area contributed by atoms with E-state index >= 15 is 0 Å². The minimum Gasteiger partial charge on any atom is -0.497 e. The van der Waals surface area contributed by atoms with Crippen molar-refractivity contribution < 1.29 is 9.53 Å². The summed E-state index contributed by atoms with van der Waals surface area (Å²) >= 11 is 0. The Morgan fingerprint density at radius 3 is 2.62 bits per heavy atom. The van der Waals surface area contributed by atoms with Gasteiger partial charge in [-0.1, -0.05) is 6.07 Å². The average Bonchev–Trinajstić information content (AvgIpc) is 2.67. The molecule has 0 fully saturated rings. The van der Waals surface area contributed by atoms with Gasteiger partial charge in [0, 0.05) is 18.0 Å². The van der Waals surface area contributed by atoms with Crippen LogP contribution in [-0.2, 0) is 6.54 Å². The number of nitrogens with one attached hydrogen (secondary N) is 2. The Morgan fingerprint density at radius 1 is 1.12 bits per heavy atom. The number of benzene rings is 1. The number of carbonyl (C=O) groups is 1. The van der Waals surface area contributed by atoms with Gasteiger partial charge in [-0.2, -0.15) is 0 Å². The zero-order valence-corrected chi connectivity index (χ0v) is 14.6. The van der Waals surface area contributed by atoms with Crippen LogP contribution in [0.3, 0.4) is 0 Å². The van der Waals surface area contributed by atoms with Crippen molar-refractivity contribution in [3.05, 3.63) is 71.9 Å². The summed E-state index contributed by atoms with van der Waals surface area (Å²) in [5.74, 6) is 1.50. The summed E-state index contributed by atoms with van der Waals surface area (Å²) in [6, 6.07) is 14.4. The van der Waals surface area contributed by atoms with Crippen LogP contribution < -0.4 is 15.4 Å². The van der Waals surface area contributed by atoms with Crippen molar-refractivity contribution in [3.8, 4) is 5.75 Å². The number of hydrogen-bond donors (Lipinski definition) is 2. The number of nitrogens with zero attached hydrogens (tertiary/aromatic N) is 3. The van der Waals surface area contributed by atoms with Gasteiger partial charge in [0.05, 0.1) is 19.3 Å². The van der Waals surface area contributed by atoms with Gasteiger partial charge < -0.3 is 15.4 Å². The standard InChI is InChI=1S/C19H19N5O2/c1-13-22-17(19(25)24-14-6-8-16(26-2)9-7-14)11-18(23-13)21-12-15-5-3-4-10-20-15/h3-11H,12H2,1-2H3,(H,24,25)(H,21,22,23). The first kappa shape index (κ1) is 17.3. The summed E-state index contributed by atoms with van der Waals surface area (Å²) in [5.41, 5.74) is 1.83. The summed E-state index contributed by atoms with van der Waals surface area (Å²) < 4.78 is 5.11. The molecule has 0 aliphatic carbocycles. The van der Waals surface area contributed by atoms with E-state index in [1.807, 2.05) is 18.2 Å². The van der Waals surface area contributed by atoms with Crippen molar-refractivity contribution in [2.24, 2.45) is 0 Å². The maximum Gasteiger partial charge on any atom is 0.274 e. The molecule has 0 aliphatic heterocycles. The molecule has 0 saturated carbocycles. The highest BCUT2D eigenvalue weighted by Gasteiger charge is 2.11. The number of ether oxygens (including phenoxy) is 1. The van der Waals surface area contributed by atoms with E-state index in [0.717, 1.165) is 11.4 Å². The molecule has 3 aromatic rings. The molecule has 132 valence electrons. The number of aromatic nitrogens is 3. The van der Waals surface area contributed by atoms with Gasteiger partial charge in [0.2, 0.25) is 0 Å². The first-order chi connectivity index (χ1) is 12.6. The Labute approximate surface area is 151 Å². The van der Waals surface area contributed by atoms with E-state index < -0.39 is 0 Å². The Morgan fingerprint density at radius 2 is 1.92 bits per heavy atom. The summed E-state index contributed by atoms with van der Waals surface area (Å²) in [6.07, 6.45) is 1.73. The smallest absolute Gasteiger partial charge is 0.274 e. The topological polar surface area (TPSA) is 89.0 Å². The molecule has 0 atom stereocenters. The zero-order chi connectivity index (χ0) is 18.4. The van der Waals surface area contributed by atoms with Crippen LogP contribution in [-0.4, -0.2) is 28.0 Å². The van der Waals surface area contributed by atoms with Crippen LogP contribution >= 0.6 is 0 Å². The van der Waals surface area contributed by atoms with Gasteiger partial charge in [-0.15, -0.1) is 0 Å². The molecule has 0 unspecified atom stereocenters. The number of aryl methyl sites for hydroxylation is 1. The largest absolute Gasteiger partial charge is 0.497 e. The number of methoxy groups -OCH3 is 1. The van der Waals surface area contributed by atoms with Gasteiger partial charge in [-0.05, 0) is 43.3 Å². The lowest BCUT2D eigenvalue weighted by Gasteiger charge is -2.09. The monoisotopic (exact) mass is 349 g/mol. The average molecular weight is 349 g/mol. The minimum absolute atomic E-state index is 0.289. The highest BCUT2D eigenvalue weighted by molar-refractivity contribution is 6.03. The van der Waals surface area contributed by atoms with Crippen molar-refractivity contribution in [1.82, 2.24) is 15.0 Å². The van der Waals surface area contributed by atoms with E-state index in [1.165, 1.54) is 0 Å². The number of amides is 1. The number of pyridine rings is 1. The molecule has 0 radical (unpaired) electrons. The second-order valence-corrected chi connectivity index (χ2v) is 5.54. The number of rotatable bonds is 6. The Hall–Kier alpha value is -3.48. The van der Waals surface area contributed by atoms with Crippen molar-refractivity contribution in [2.45, 2.75) is 13.5 Å². The van der Waals surface area contributed by atoms with Gasteiger partial charge in [-0.3, -0.25) is 9.78 Å². The fourth-order valence-corrected chi connectivity index (χ4v) is 2.33. The van der Waals surface area contributed by atoms with Crippen molar-refractivity contribution in [2.75, 3.05) is 17.7 Å². The molecule has 7 heteroatoms. The quantitative estimate of drug-likeness (QED) is 0.711. The van der Waals surface area contributed by atoms with Crippen LogP contribution in [0.5, 0.6) is 5.75 Å². The van der Waals surface area contributed by atoms with Crippen LogP contribution in [0, 0.1) is 6.92 Å². The zero-order valence-electron chi connectivity index (χ0n) is 14.6. The summed E-state index contributed by atoms with van der Waals surface area (Å²) in [6.45, 7) is 2.26. The maximum atomic E-state index is 12.5. The fourth-order valence-electron chi connectivity index (χ4n) is 2.33. The highest BCUT2D eigenvalue weighted by Crippen LogP contribution is 2.16. The van der Waals surface area contributed by atoms with Crippen LogP contribution in [0.2, 0.25) is 0 Å². The SMILES string of the molecule is COc1ccc(NC(=O)c2cc(NCc3ccccn3)nc(C)n2)cc1. The molecule has 2 aromatic heterocycles. The van der Waals surface area contributed by atoms with Gasteiger partial charge in [0.1, 0.15) is 23.1 Å². The maximum absolute atomic E-state index is 12.5. The lowest BCUT2D eigenvalue weighted by atomic mass is 10.2. The third-order valence-electron chi connectivity index (χ3n) is 3.60. The number of anilines is 2. The molecule has 26 heavy (non-hydrogen) atoms. The van der Waals surface area contributed by atoms with Crippen LogP contribution in [0.1, 0.15) is 22.0 Å². The Kier molecular flexibility index (Phi) is 5.38. The molecule has 0 bridgehead atoms. The van der Waals surface area contributed by atoms with Crippen LogP contribution in [0.15, 0.2) is 54.7 Å². The Balaban J connectivity index is 1.70. The van der Waals surface area contributed by atoms with E-state index in [1.54, 1.807) is 50.6 Å². The van der Waals surface area contributed by atoms with E-state index in [4.69, 9.17) is 4.74 Å². The Bertz CT molecular complexity index is 882. The van der Waals surface area contributed by atoms with Crippen LogP contribution in [0.4, 0.5) is 11.5 Å². The summed E-state index contributed by atoms with van der Waals surface area (Å²) in [7, 11) is 1.59. The fraction of sp³-hybridized carbons (Fsp3) is 0.158. The number of hydrogen-bond acceptors (Lipinski definition) is 6. The number of carbonyl (C=O) groups excluding carboxylic acids is 1. The molecule has 0 saturated heterocycles. The van der Waals surface area contributed by atoms with Gasteiger partial charge >= 0.3 is 0 Å². The molecule has 1 aromatic carbocycles. The lowest BCUT2D eigenvalue weighted by molar-refractivity contribution is 0.102. The molecule has 1 amide bonds. The van der Waals surface area contributed by atoms with E-state index in [0.29, 0.717) is 23.9 Å².